The zero-order chi connectivity index (χ0) is 15.8. The summed E-state index contributed by atoms with van der Waals surface area (Å²) in [7, 11) is 1.45. The molecular formula is C17H25BrN2O2. The monoisotopic (exact) mass is 368 g/mol. The molecule has 1 N–H and O–H groups in total. The van der Waals surface area contributed by atoms with Crippen molar-refractivity contribution in [1.82, 2.24) is 10.2 Å². The molecule has 1 heterocycles. The molecule has 0 aromatic heterocycles. The Balaban J connectivity index is 1.94. The SMILES string of the molecule is COC(=O)CCN(Cc1cccc(Br)c1)CC1CCCNC1. The lowest BCUT2D eigenvalue weighted by molar-refractivity contribution is -0.141. The largest absolute Gasteiger partial charge is 0.469 e. The molecule has 0 aliphatic carbocycles. The number of esters is 1. The van der Waals surface area contributed by atoms with E-state index in [-0.39, 0.29) is 5.97 Å². The third kappa shape index (κ3) is 6.07. The average molecular weight is 369 g/mol. The Bertz CT molecular complexity index is 475. The molecule has 0 saturated carbocycles. The number of rotatable bonds is 7. The van der Waals surface area contributed by atoms with Gasteiger partial charge in [0.1, 0.15) is 0 Å². The van der Waals surface area contributed by atoms with Gasteiger partial charge in [-0.2, -0.15) is 0 Å². The van der Waals surface area contributed by atoms with Crippen molar-refractivity contribution in [2.75, 3.05) is 33.3 Å². The number of carbonyl (C=O) groups excluding carboxylic acids is 1. The fourth-order valence-corrected chi connectivity index (χ4v) is 3.37. The fourth-order valence-electron chi connectivity index (χ4n) is 2.92. The van der Waals surface area contributed by atoms with E-state index in [1.807, 2.05) is 6.07 Å². The van der Waals surface area contributed by atoms with Gasteiger partial charge in [-0.05, 0) is 49.5 Å². The van der Waals surface area contributed by atoms with E-state index in [9.17, 15) is 4.79 Å². The van der Waals surface area contributed by atoms with E-state index < -0.39 is 0 Å². The summed E-state index contributed by atoms with van der Waals surface area (Å²) in [6.07, 6.45) is 2.96. The highest BCUT2D eigenvalue weighted by Crippen LogP contribution is 2.17. The van der Waals surface area contributed by atoms with Crippen LogP contribution in [-0.4, -0.2) is 44.2 Å². The highest BCUT2D eigenvalue weighted by molar-refractivity contribution is 9.10. The molecule has 2 rings (SSSR count). The molecule has 1 aliphatic rings. The first-order valence-electron chi connectivity index (χ1n) is 7.91. The molecule has 0 amide bonds. The Morgan fingerprint density at radius 2 is 2.36 bits per heavy atom. The third-order valence-electron chi connectivity index (χ3n) is 4.07. The van der Waals surface area contributed by atoms with Crippen LogP contribution in [0, 0.1) is 5.92 Å². The molecular weight excluding hydrogens is 344 g/mol. The molecule has 0 radical (unpaired) electrons. The molecule has 22 heavy (non-hydrogen) atoms. The number of nitrogens with one attached hydrogen (secondary N) is 1. The second-order valence-corrected chi connectivity index (χ2v) is 6.82. The number of carbonyl (C=O) groups is 1. The lowest BCUT2D eigenvalue weighted by Crippen LogP contribution is -2.38. The van der Waals surface area contributed by atoms with Crippen molar-refractivity contribution >= 4 is 21.9 Å². The van der Waals surface area contributed by atoms with Crippen LogP contribution in [0.3, 0.4) is 0 Å². The first-order valence-corrected chi connectivity index (χ1v) is 8.71. The topological polar surface area (TPSA) is 41.6 Å². The first-order chi connectivity index (χ1) is 10.7. The molecule has 0 bridgehead atoms. The van der Waals surface area contributed by atoms with Crippen LogP contribution in [0.15, 0.2) is 28.7 Å². The summed E-state index contributed by atoms with van der Waals surface area (Å²) in [6.45, 7) is 4.84. The van der Waals surface area contributed by atoms with Crippen molar-refractivity contribution < 1.29 is 9.53 Å². The van der Waals surface area contributed by atoms with Crippen molar-refractivity contribution in [3.8, 4) is 0 Å². The summed E-state index contributed by atoms with van der Waals surface area (Å²) in [6, 6.07) is 8.37. The number of methoxy groups -OCH3 is 1. The molecule has 1 aromatic rings. The van der Waals surface area contributed by atoms with Gasteiger partial charge in [0.15, 0.2) is 0 Å². The van der Waals surface area contributed by atoms with E-state index in [1.165, 1.54) is 25.5 Å². The number of ether oxygens (including phenoxy) is 1. The smallest absolute Gasteiger partial charge is 0.306 e. The predicted octanol–water partition coefficient (Wildman–Crippen LogP) is 2.81. The van der Waals surface area contributed by atoms with Gasteiger partial charge in [0.25, 0.3) is 0 Å². The minimum Gasteiger partial charge on any atom is -0.469 e. The average Bonchev–Trinajstić information content (AvgIpc) is 2.53. The van der Waals surface area contributed by atoms with E-state index in [1.54, 1.807) is 0 Å². The number of nitrogens with zero attached hydrogens (tertiary/aromatic N) is 1. The zero-order valence-electron chi connectivity index (χ0n) is 13.2. The quantitative estimate of drug-likeness (QED) is 0.751. The van der Waals surface area contributed by atoms with Crippen LogP contribution < -0.4 is 5.32 Å². The number of benzene rings is 1. The van der Waals surface area contributed by atoms with E-state index in [4.69, 9.17) is 4.74 Å². The maximum Gasteiger partial charge on any atom is 0.306 e. The highest BCUT2D eigenvalue weighted by Gasteiger charge is 2.18. The lowest BCUT2D eigenvalue weighted by Gasteiger charge is -2.30. The molecule has 1 unspecified atom stereocenters. The normalized spacial score (nSPS) is 18.4. The van der Waals surface area contributed by atoms with Crippen LogP contribution in [0.2, 0.25) is 0 Å². The zero-order valence-corrected chi connectivity index (χ0v) is 14.8. The summed E-state index contributed by atoms with van der Waals surface area (Å²) in [5.41, 5.74) is 1.27. The molecule has 5 heteroatoms. The minimum atomic E-state index is -0.138. The number of piperidine rings is 1. The van der Waals surface area contributed by atoms with E-state index in [0.29, 0.717) is 12.3 Å². The maximum atomic E-state index is 11.4. The van der Waals surface area contributed by atoms with Gasteiger partial charge in [-0.15, -0.1) is 0 Å². The second kappa shape index (κ2) is 9.28. The van der Waals surface area contributed by atoms with Gasteiger partial charge < -0.3 is 10.1 Å². The summed E-state index contributed by atoms with van der Waals surface area (Å²) < 4.78 is 5.87. The van der Waals surface area contributed by atoms with Crippen molar-refractivity contribution in [3.05, 3.63) is 34.3 Å². The van der Waals surface area contributed by atoms with Gasteiger partial charge in [0.2, 0.25) is 0 Å². The number of halogens is 1. The Morgan fingerprint density at radius 1 is 1.50 bits per heavy atom. The molecule has 4 nitrogen and oxygen atoms in total. The molecule has 122 valence electrons. The van der Waals surface area contributed by atoms with Crippen molar-refractivity contribution in [3.63, 3.8) is 0 Å². The standard InChI is InChI=1S/C17H25BrN2O2/c1-22-17(21)7-9-20(13-15-5-3-8-19-11-15)12-14-4-2-6-16(18)10-14/h2,4,6,10,15,19H,3,5,7-9,11-13H2,1H3. The van der Waals surface area contributed by atoms with Crippen LogP contribution >= 0.6 is 15.9 Å². The summed E-state index contributed by atoms with van der Waals surface area (Å²) >= 11 is 3.52. The third-order valence-corrected chi connectivity index (χ3v) is 4.56. The maximum absolute atomic E-state index is 11.4. The van der Waals surface area contributed by atoms with Crippen LogP contribution in [-0.2, 0) is 16.1 Å². The Morgan fingerprint density at radius 3 is 3.05 bits per heavy atom. The fraction of sp³-hybridized carbons (Fsp3) is 0.588. The summed E-state index contributed by atoms with van der Waals surface area (Å²) in [5.74, 6) is 0.527. The van der Waals surface area contributed by atoms with Gasteiger partial charge in [0, 0.05) is 24.1 Å². The Kier molecular flexibility index (Phi) is 7.36. The summed E-state index contributed by atoms with van der Waals surface area (Å²) in [5, 5.41) is 3.46. The van der Waals surface area contributed by atoms with Crippen molar-refractivity contribution in [2.24, 2.45) is 5.92 Å². The molecule has 1 atom stereocenters. The van der Waals surface area contributed by atoms with Crippen LogP contribution in [0.25, 0.3) is 0 Å². The molecule has 1 aromatic carbocycles. The first kappa shape index (κ1) is 17.4. The van der Waals surface area contributed by atoms with Gasteiger partial charge in [0.05, 0.1) is 13.5 Å². The Hall–Kier alpha value is -0.910. The van der Waals surface area contributed by atoms with Crippen LogP contribution in [0.1, 0.15) is 24.8 Å². The van der Waals surface area contributed by atoms with E-state index in [0.717, 1.165) is 37.2 Å². The Labute approximate surface area is 141 Å². The lowest BCUT2D eigenvalue weighted by atomic mass is 9.98. The second-order valence-electron chi connectivity index (χ2n) is 5.90. The van der Waals surface area contributed by atoms with Crippen LogP contribution in [0.5, 0.6) is 0 Å². The molecule has 1 fully saturated rings. The number of hydrogen-bond donors (Lipinski definition) is 1. The van der Waals surface area contributed by atoms with Crippen molar-refractivity contribution in [1.29, 1.82) is 0 Å². The van der Waals surface area contributed by atoms with Gasteiger partial charge in [-0.25, -0.2) is 0 Å². The number of hydrogen-bond acceptors (Lipinski definition) is 4. The highest BCUT2D eigenvalue weighted by atomic mass is 79.9. The van der Waals surface area contributed by atoms with Crippen molar-refractivity contribution in [2.45, 2.75) is 25.8 Å². The van der Waals surface area contributed by atoms with E-state index >= 15 is 0 Å². The molecule has 1 aliphatic heterocycles. The van der Waals surface area contributed by atoms with Gasteiger partial charge in [-0.1, -0.05) is 28.1 Å². The predicted molar refractivity (Wildman–Crippen MR) is 91.6 cm³/mol. The summed E-state index contributed by atoms with van der Waals surface area (Å²) in [4.78, 5) is 13.8. The van der Waals surface area contributed by atoms with Gasteiger partial charge >= 0.3 is 5.97 Å². The van der Waals surface area contributed by atoms with Gasteiger partial charge in [-0.3, -0.25) is 9.69 Å². The minimum absolute atomic E-state index is 0.138. The van der Waals surface area contributed by atoms with E-state index in [2.05, 4.69) is 44.3 Å². The molecule has 0 spiro atoms. The molecule has 1 saturated heterocycles. The van der Waals surface area contributed by atoms with Crippen LogP contribution in [0.4, 0.5) is 0 Å².